The minimum Gasteiger partial charge on any atom is -0.472 e. The molecule has 0 spiro atoms. The van der Waals surface area contributed by atoms with Gasteiger partial charge in [0, 0.05) is 43.5 Å². The largest absolute Gasteiger partial charge is 0.472 e. The molecule has 1 aromatic heterocycles. The van der Waals surface area contributed by atoms with Crippen LogP contribution in [0.3, 0.4) is 0 Å². The Morgan fingerprint density at radius 1 is 0.781 bits per heavy atom. The van der Waals surface area contributed by atoms with Gasteiger partial charge in [0.2, 0.25) is 5.91 Å². The maximum absolute atomic E-state index is 12.7. The second-order valence-electron chi connectivity index (χ2n) is 8.48. The lowest BCUT2D eigenvalue weighted by atomic mass is 9.95. The van der Waals surface area contributed by atoms with E-state index in [1.54, 1.807) is 35.2 Å². The monoisotopic (exact) mass is 438 g/mol. The van der Waals surface area contributed by atoms with Crippen LogP contribution in [0.15, 0.2) is 47.3 Å². The third-order valence-electron chi connectivity index (χ3n) is 6.22. The highest BCUT2D eigenvalue weighted by atomic mass is 16.3. The maximum atomic E-state index is 12.7. The van der Waals surface area contributed by atoms with E-state index in [1.165, 1.54) is 25.4 Å². The summed E-state index contributed by atoms with van der Waals surface area (Å²) in [6.07, 6.45) is 8.64. The molecule has 170 valence electrons. The molecule has 3 heterocycles. The van der Waals surface area contributed by atoms with E-state index in [0.29, 0.717) is 42.9 Å². The van der Waals surface area contributed by atoms with Gasteiger partial charge in [-0.05, 0) is 56.0 Å². The number of benzene rings is 1. The molecule has 1 aromatic carbocycles. The summed E-state index contributed by atoms with van der Waals surface area (Å²) in [6.45, 7) is 2.69. The van der Waals surface area contributed by atoms with Crippen LogP contribution in [-0.2, 0) is 4.79 Å². The van der Waals surface area contributed by atoms with Gasteiger partial charge in [-0.25, -0.2) is 4.79 Å². The van der Waals surface area contributed by atoms with Crippen molar-refractivity contribution in [3.8, 4) is 0 Å². The molecule has 32 heavy (non-hydrogen) atoms. The number of nitrogens with one attached hydrogen (secondary N) is 2. The van der Waals surface area contributed by atoms with E-state index in [-0.39, 0.29) is 23.8 Å². The second kappa shape index (κ2) is 10.3. The van der Waals surface area contributed by atoms with Gasteiger partial charge in [-0.15, -0.1) is 0 Å². The van der Waals surface area contributed by atoms with Gasteiger partial charge in [-0.1, -0.05) is 12.8 Å². The molecule has 8 nitrogen and oxygen atoms in total. The molecule has 2 fully saturated rings. The first-order valence-electron chi connectivity index (χ1n) is 11.4. The molecule has 0 unspecified atom stereocenters. The molecule has 0 atom stereocenters. The minimum absolute atomic E-state index is 0.0400. The van der Waals surface area contributed by atoms with E-state index in [0.717, 1.165) is 25.9 Å². The van der Waals surface area contributed by atoms with Gasteiger partial charge in [-0.2, -0.15) is 0 Å². The van der Waals surface area contributed by atoms with E-state index in [1.807, 2.05) is 4.90 Å². The summed E-state index contributed by atoms with van der Waals surface area (Å²) < 4.78 is 4.98. The van der Waals surface area contributed by atoms with Gasteiger partial charge in [0.05, 0.1) is 11.8 Å². The number of likely N-dealkylation sites (tertiary alicyclic amines) is 2. The molecule has 8 heteroatoms. The molecule has 2 N–H and O–H groups in total. The average Bonchev–Trinajstić information content (AvgIpc) is 3.22. The van der Waals surface area contributed by atoms with Crippen LogP contribution < -0.4 is 10.6 Å². The number of amides is 4. The molecular weight excluding hydrogens is 408 g/mol. The number of nitrogens with zero attached hydrogens (tertiary/aromatic N) is 2. The Bertz CT molecular complexity index is 910. The predicted molar refractivity (Wildman–Crippen MR) is 121 cm³/mol. The lowest BCUT2D eigenvalue weighted by Crippen LogP contribution is -2.41. The average molecular weight is 439 g/mol. The Hall–Kier alpha value is -3.29. The van der Waals surface area contributed by atoms with Crippen LogP contribution in [0.25, 0.3) is 0 Å². The molecule has 2 aliphatic rings. The Balaban J connectivity index is 1.24. The highest BCUT2D eigenvalue weighted by molar-refractivity contribution is 5.95. The van der Waals surface area contributed by atoms with Crippen LogP contribution in [0.4, 0.5) is 16.2 Å². The SMILES string of the molecule is O=C(Nc1ccc(NC(=O)N2CCCCCC2)cc1)C1CCN(C(=O)c2ccoc2)CC1. The summed E-state index contributed by atoms with van der Waals surface area (Å²) >= 11 is 0. The van der Waals surface area contributed by atoms with E-state index >= 15 is 0 Å². The molecular formula is C24H30N4O4. The Morgan fingerprint density at radius 2 is 1.41 bits per heavy atom. The van der Waals surface area contributed by atoms with Crippen molar-refractivity contribution >= 4 is 29.2 Å². The van der Waals surface area contributed by atoms with Crippen LogP contribution in [0.5, 0.6) is 0 Å². The van der Waals surface area contributed by atoms with Crippen LogP contribution in [0.1, 0.15) is 48.9 Å². The smallest absolute Gasteiger partial charge is 0.321 e. The fourth-order valence-electron chi connectivity index (χ4n) is 4.27. The van der Waals surface area contributed by atoms with Crippen molar-refractivity contribution in [1.82, 2.24) is 9.80 Å². The minimum atomic E-state index is -0.134. The van der Waals surface area contributed by atoms with Crippen LogP contribution in [0, 0.1) is 5.92 Å². The number of hydrogen-bond donors (Lipinski definition) is 2. The Labute approximate surface area is 187 Å². The molecule has 0 saturated carbocycles. The molecule has 2 saturated heterocycles. The quantitative estimate of drug-likeness (QED) is 0.749. The first-order chi connectivity index (χ1) is 15.6. The van der Waals surface area contributed by atoms with Crippen molar-refractivity contribution < 1.29 is 18.8 Å². The number of furan rings is 1. The summed E-state index contributed by atoms with van der Waals surface area (Å²) in [5, 5.41) is 5.90. The zero-order valence-electron chi connectivity index (χ0n) is 18.2. The van der Waals surface area contributed by atoms with Crippen molar-refractivity contribution in [3.05, 3.63) is 48.4 Å². The predicted octanol–water partition coefficient (Wildman–Crippen LogP) is 4.18. The van der Waals surface area contributed by atoms with Crippen LogP contribution >= 0.6 is 0 Å². The van der Waals surface area contributed by atoms with E-state index in [2.05, 4.69) is 10.6 Å². The topological polar surface area (TPSA) is 94.9 Å². The summed E-state index contributed by atoms with van der Waals surface area (Å²) in [5.41, 5.74) is 1.94. The first kappa shape index (κ1) is 21.9. The van der Waals surface area contributed by atoms with Crippen molar-refractivity contribution in [2.24, 2.45) is 5.92 Å². The Morgan fingerprint density at radius 3 is 2.00 bits per heavy atom. The highest BCUT2D eigenvalue weighted by Crippen LogP contribution is 2.22. The number of hydrogen-bond acceptors (Lipinski definition) is 4. The first-order valence-corrected chi connectivity index (χ1v) is 11.4. The van der Waals surface area contributed by atoms with Crippen LogP contribution in [0.2, 0.25) is 0 Å². The standard InChI is InChI=1S/C24H30N4O4/c29-22(18-9-14-27(15-10-18)23(30)19-11-16-32-17-19)25-20-5-7-21(8-6-20)26-24(31)28-12-3-1-2-4-13-28/h5-8,11,16-18H,1-4,9-10,12-15H2,(H,25,29)(H,26,31). The van der Waals surface area contributed by atoms with Gasteiger partial charge in [0.25, 0.3) is 5.91 Å². The summed E-state index contributed by atoms with van der Waals surface area (Å²) in [6, 6.07) is 8.79. The number of carbonyl (C=O) groups excluding carboxylic acids is 3. The molecule has 0 radical (unpaired) electrons. The molecule has 2 aromatic rings. The third kappa shape index (κ3) is 5.49. The number of anilines is 2. The molecule has 2 aliphatic heterocycles. The van der Waals surface area contributed by atoms with E-state index in [4.69, 9.17) is 4.42 Å². The summed E-state index contributed by atoms with van der Waals surface area (Å²) in [5.74, 6) is -0.233. The number of rotatable bonds is 4. The van der Waals surface area contributed by atoms with Crippen LogP contribution in [-0.4, -0.2) is 53.8 Å². The third-order valence-corrected chi connectivity index (χ3v) is 6.22. The van der Waals surface area contributed by atoms with E-state index < -0.39 is 0 Å². The lowest BCUT2D eigenvalue weighted by molar-refractivity contribution is -0.121. The summed E-state index contributed by atoms with van der Waals surface area (Å²) in [7, 11) is 0. The highest BCUT2D eigenvalue weighted by Gasteiger charge is 2.28. The molecule has 4 amide bonds. The van der Waals surface area contributed by atoms with Crippen molar-refractivity contribution in [2.45, 2.75) is 38.5 Å². The summed E-state index contributed by atoms with van der Waals surface area (Å²) in [4.78, 5) is 41.1. The molecule has 4 rings (SSSR count). The number of urea groups is 1. The normalized spacial score (nSPS) is 17.5. The van der Waals surface area contributed by atoms with Crippen molar-refractivity contribution in [2.75, 3.05) is 36.8 Å². The van der Waals surface area contributed by atoms with Gasteiger partial charge in [-0.3, -0.25) is 9.59 Å². The van der Waals surface area contributed by atoms with Gasteiger partial charge in [0.15, 0.2) is 0 Å². The Kier molecular flexibility index (Phi) is 7.09. The zero-order chi connectivity index (χ0) is 22.3. The molecule has 0 bridgehead atoms. The van der Waals surface area contributed by atoms with Gasteiger partial charge < -0.3 is 24.9 Å². The number of carbonyl (C=O) groups is 3. The van der Waals surface area contributed by atoms with Gasteiger partial charge in [0.1, 0.15) is 6.26 Å². The maximum Gasteiger partial charge on any atom is 0.321 e. The second-order valence-corrected chi connectivity index (χ2v) is 8.48. The van der Waals surface area contributed by atoms with Crippen molar-refractivity contribution in [1.29, 1.82) is 0 Å². The lowest BCUT2D eigenvalue weighted by Gasteiger charge is -2.31. The fourth-order valence-corrected chi connectivity index (χ4v) is 4.27. The van der Waals surface area contributed by atoms with E-state index in [9.17, 15) is 14.4 Å². The van der Waals surface area contributed by atoms with Crippen molar-refractivity contribution in [3.63, 3.8) is 0 Å². The van der Waals surface area contributed by atoms with Gasteiger partial charge >= 0.3 is 6.03 Å². The zero-order valence-corrected chi connectivity index (χ0v) is 18.2. The number of piperidine rings is 1. The fraction of sp³-hybridized carbons (Fsp3) is 0.458. The molecule has 0 aliphatic carbocycles.